The molecule has 2 aromatic rings. The molecular weight excluding hydrogens is 374 g/mol. The lowest BCUT2D eigenvalue weighted by atomic mass is 9.99. The fourth-order valence-electron chi connectivity index (χ4n) is 3.75. The van der Waals surface area contributed by atoms with E-state index in [-0.39, 0.29) is 11.4 Å². The molecule has 0 saturated carbocycles. The maximum absolute atomic E-state index is 13.0. The zero-order valence-corrected chi connectivity index (χ0v) is 16.6. The number of carbonyl (C=O) groups is 1. The first-order chi connectivity index (χ1) is 14.7. The van der Waals surface area contributed by atoms with Gasteiger partial charge in [0.25, 0.3) is 0 Å². The van der Waals surface area contributed by atoms with Crippen LogP contribution in [-0.4, -0.2) is 12.3 Å². The molecule has 2 aliphatic rings. The summed E-state index contributed by atoms with van der Waals surface area (Å²) in [5, 5.41) is 18.9. The molecule has 5 heteroatoms. The second kappa shape index (κ2) is 8.11. The molecule has 30 heavy (non-hydrogen) atoms. The van der Waals surface area contributed by atoms with Gasteiger partial charge in [0, 0.05) is 23.3 Å². The first-order valence-electron chi connectivity index (χ1n) is 9.85. The quantitative estimate of drug-likeness (QED) is 0.530. The van der Waals surface area contributed by atoms with Crippen molar-refractivity contribution in [1.29, 1.82) is 10.5 Å². The normalized spacial score (nSPS) is 16.8. The number of allylic oxidation sites excluding steroid dienone is 5. The third-order valence-corrected chi connectivity index (χ3v) is 5.19. The Hall–Kier alpha value is -4.09. The first kappa shape index (κ1) is 19.2. The van der Waals surface area contributed by atoms with E-state index in [1.54, 1.807) is 36.4 Å². The van der Waals surface area contributed by atoms with Gasteiger partial charge in [-0.15, -0.1) is 0 Å². The summed E-state index contributed by atoms with van der Waals surface area (Å²) >= 11 is 0. The largest absolute Gasteiger partial charge is 0.439 e. The Kier molecular flexibility index (Phi) is 5.20. The number of hydrogen-bond acceptors (Lipinski definition) is 5. The van der Waals surface area contributed by atoms with Gasteiger partial charge in [-0.05, 0) is 36.3 Å². The minimum absolute atomic E-state index is 0.0728. The highest BCUT2D eigenvalue weighted by Crippen LogP contribution is 2.41. The number of ketones is 1. The van der Waals surface area contributed by atoms with Crippen LogP contribution in [0.4, 0.5) is 5.69 Å². The molecule has 2 aromatic carbocycles. The Morgan fingerprint density at radius 3 is 2.47 bits per heavy atom. The molecular formula is C25H19N3O2. The predicted molar refractivity (Wildman–Crippen MR) is 114 cm³/mol. The summed E-state index contributed by atoms with van der Waals surface area (Å²) in [4.78, 5) is 15.1. The minimum Gasteiger partial charge on any atom is -0.439 e. The van der Waals surface area contributed by atoms with Crippen LogP contribution in [0.25, 0.3) is 5.57 Å². The Balaban J connectivity index is 1.80. The number of anilines is 1. The first-order valence-corrected chi connectivity index (χ1v) is 9.85. The van der Waals surface area contributed by atoms with E-state index in [4.69, 9.17) is 4.74 Å². The Bertz CT molecular complexity index is 1190. The van der Waals surface area contributed by atoms with Crippen molar-refractivity contribution < 1.29 is 9.53 Å². The molecule has 0 N–H and O–H groups in total. The molecule has 146 valence electrons. The fraction of sp³-hybridized carbons (Fsp3) is 0.160. The summed E-state index contributed by atoms with van der Waals surface area (Å²) in [6, 6.07) is 18.7. The fourth-order valence-corrected chi connectivity index (χ4v) is 3.75. The summed E-state index contributed by atoms with van der Waals surface area (Å²) in [6.45, 7) is 2.92. The van der Waals surface area contributed by atoms with Gasteiger partial charge in [-0.25, -0.2) is 0 Å². The number of fused-ring (bicyclic) bond motifs is 2. The highest BCUT2D eigenvalue weighted by Gasteiger charge is 2.32. The topological polar surface area (TPSA) is 77.1 Å². The van der Waals surface area contributed by atoms with Crippen molar-refractivity contribution in [2.45, 2.75) is 19.8 Å². The van der Waals surface area contributed by atoms with Gasteiger partial charge in [0.2, 0.25) is 5.88 Å². The molecule has 0 atom stereocenters. The van der Waals surface area contributed by atoms with Crippen molar-refractivity contribution in [3.63, 3.8) is 0 Å². The number of Topliss-reactive ketones (excluding diaryl/α,β-unsaturated/α-hetero) is 1. The van der Waals surface area contributed by atoms with Crippen LogP contribution in [0.5, 0.6) is 5.75 Å². The van der Waals surface area contributed by atoms with E-state index in [1.165, 1.54) is 0 Å². The van der Waals surface area contributed by atoms with E-state index in [0.717, 1.165) is 30.8 Å². The molecule has 0 bridgehead atoms. The van der Waals surface area contributed by atoms with E-state index in [0.29, 0.717) is 28.2 Å². The van der Waals surface area contributed by atoms with E-state index in [1.807, 2.05) is 36.4 Å². The lowest BCUT2D eigenvalue weighted by Crippen LogP contribution is -2.21. The molecule has 0 unspecified atom stereocenters. The van der Waals surface area contributed by atoms with Crippen molar-refractivity contribution in [2.24, 2.45) is 0 Å². The molecule has 0 aromatic heterocycles. The van der Waals surface area contributed by atoms with Gasteiger partial charge < -0.3 is 9.64 Å². The predicted octanol–water partition coefficient (Wildman–Crippen LogP) is 5.15. The van der Waals surface area contributed by atoms with E-state index in [9.17, 15) is 15.3 Å². The van der Waals surface area contributed by atoms with Crippen molar-refractivity contribution in [2.75, 3.05) is 11.4 Å². The molecule has 4 rings (SSSR count). The third-order valence-electron chi connectivity index (χ3n) is 5.19. The average Bonchev–Trinajstić information content (AvgIpc) is 3.27. The molecule has 1 heterocycles. The van der Waals surface area contributed by atoms with Crippen LogP contribution in [0.2, 0.25) is 0 Å². The lowest BCUT2D eigenvalue weighted by Gasteiger charge is -2.17. The molecule has 0 amide bonds. The highest BCUT2D eigenvalue weighted by molar-refractivity contribution is 6.27. The van der Waals surface area contributed by atoms with Crippen LogP contribution in [-0.2, 0) is 0 Å². The maximum atomic E-state index is 13.0. The lowest BCUT2D eigenvalue weighted by molar-refractivity contribution is 0.104. The second-order valence-corrected chi connectivity index (χ2v) is 7.01. The SMILES string of the molecule is CCCCN1/C(=C/C=C2\C(=O)c3ccccc3C2=C(C#N)C#N)Oc2ccccc21. The minimum atomic E-state index is -0.198. The number of carbonyl (C=O) groups excluding carboxylic acids is 1. The number of benzene rings is 2. The van der Waals surface area contributed by atoms with Gasteiger partial charge >= 0.3 is 0 Å². The van der Waals surface area contributed by atoms with Crippen LogP contribution < -0.4 is 9.64 Å². The molecule has 0 fully saturated rings. The molecule has 1 aliphatic heterocycles. The van der Waals surface area contributed by atoms with Crippen molar-refractivity contribution >= 4 is 17.0 Å². The van der Waals surface area contributed by atoms with Gasteiger partial charge in [-0.3, -0.25) is 4.79 Å². The zero-order chi connectivity index (χ0) is 21.1. The number of nitriles is 2. The summed E-state index contributed by atoms with van der Waals surface area (Å²) in [6.07, 6.45) is 5.45. The van der Waals surface area contributed by atoms with Crippen LogP contribution in [0, 0.1) is 22.7 Å². The summed E-state index contributed by atoms with van der Waals surface area (Å²) < 4.78 is 6.02. The zero-order valence-electron chi connectivity index (χ0n) is 16.6. The van der Waals surface area contributed by atoms with Crippen LogP contribution in [0.1, 0.15) is 35.7 Å². The number of unbranched alkanes of at least 4 members (excludes halogenated alkanes) is 1. The smallest absolute Gasteiger partial charge is 0.200 e. The Labute approximate surface area is 175 Å². The standard InChI is InChI=1S/C25H19N3O2/c1-2-3-14-28-21-10-6-7-11-22(21)30-23(28)13-12-20-24(17(15-26)16-27)18-8-4-5-9-19(18)25(20)29/h4-13H,2-3,14H2,1H3/b20-12-,23-13-. The van der Waals surface area contributed by atoms with Gasteiger partial charge in [0.05, 0.1) is 5.69 Å². The van der Waals surface area contributed by atoms with Crippen LogP contribution in [0.3, 0.4) is 0 Å². The van der Waals surface area contributed by atoms with E-state index in [2.05, 4.69) is 11.8 Å². The molecule has 0 saturated heterocycles. The molecule has 0 radical (unpaired) electrons. The van der Waals surface area contributed by atoms with Crippen molar-refractivity contribution in [3.05, 3.63) is 88.8 Å². The Morgan fingerprint density at radius 1 is 1.03 bits per heavy atom. The average molecular weight is 393 g/mol. The molecule has 0 spiro atoms. The van der Waals surface area contributed by atoms with E-state index < -0.39 is 0 Å². The highest BCUT2D eigenvalue weighted by atomic mass is 16.5. The van der Waals surface area contributed by atoms with Crippen LogP contribution in [0.15, 0.2) is 77.7 Å². The molecule has 1 aliphatic carbocycles. The van der Waals surface area contributed by atoms with Crippen molar-refractivity contribution in [3.8, 4) is 17.9 Å². The van der Waals surface area contributed by atoms with Crippen LogP contribution >= 0.6 is 0 Å². The number of hydrogen-bond donors (Lipinski definition) is 0. The molecule has 5 nitrogen and oxygen atoms in total. The number of nitrogens with zero attached hydrogens (tertiary/aromatic N) is 3. The summed E-state index contributed by atoms with van der Waals surface area (Å²) in [5.41, 5.74) is 2.74. The van der Waals surface area contributed by atoms with E-state index >= 15 is 0 Å². The summed E-state index contributed by atoms with van der Waals surface area (Å²) in [5.74, 6) is 1.19. The monoisotopic (exact) mass is 393 g/mol. The van der Waals surface area contributed by atoms with Gasteiger partial charge in [-0.2, -0.15) is 10.5 Å². The number of para-hydroxylation sites is 2. The van der Waals surface area contributed by atoms with Gasteiger partial charge in [0.1, 0.15) is 17.7 Å². The van der Waals surface area contributed by atoms with Gasteiger partial charge in [-0.1, -0.05) is 49.7 Å². The number of ether oxygens (including phenoxy) is 1. The van der Waals surface area contributed by atoms with Crippen molar-refractivity contribution in [1.82, 2.24) is 0 Å². The third kappa shape index (κ3) is 3.17. The second-order valence-electron chi connectivity index (χ2n) is 7.01. The maximum Gasteiger partial charge on any atom is 0.200 e. The number of rotatable bonds is 4. The Morgan fingerprint density at radius 2 is 1.73 bits per heavy atom. The van der Waals surface area contributed by atoms with Gasteiger partial charge in [0.15, 0.2) is 11.5 Å². The summed E-state index contributed by atoms with van der Waals surface area (Å²) in [7, 11) is 0.